The van der Waals surface area contributed by atoms with Gasteiger partial charge in [0.15, 0.2) is 5.82 Å². The van der Waals surface area contributed by atoms with Crippen LogP contribution < -0.4 is 4.90 Å². The van der Waals surface area contributed by atoms with Crippen LogP contribution in [0.2, 0.25) is 0 Å². The molecule has 2 atom stereocenters. The number of ether oxygens (including phenoxy) is 1. The van der Waals surface area contributed by atoms with E-state index in [2.05, 4.69) is 10.2 Å². The molecule has 1 aliphatic heterocycles. The summed E-state index contributed by atoms with van der Waals surface area (Å²) in [6.07, 6.45) is -1.53. The highest BCUT2D eigenvalue weighted by molar-refractivity contribution is 5.76. The van der Waals surface area contributed by atoms with Gasteiger partial charge < -0.3 is 19.6 Å². The number of amides is 1. The van der Waals surface area contributed by atoms with Gasteiger partial charge in [-0.15, -0.1) is 10.2 Å². The summed E-state index contributed by atoms with van der Waals surface area (Å²) in [5.41, 5.74) is 0.695. The van der Waals surface area contributed by atoms with Crippen molar-refractivity contribution >= 4 is 17.7 Å². The molecule has 194 valence electrons. The van der Waals surface area contributed by atoms with Gasteiger partial charge in [0, 0.05) is 44.6 Å². The van der Waals surface area contributed by atoms with Gasteiger partial charge in [-0.3, -0.25) is 9.59 Å². The van der Waals surface area contributed by atoms with Gasteiger partial charge in [-0.05, 0) is 49.9 Å². The molecule has 0 saturated heterocycles. The van der Waals surface area contributed by atoms with E-state index < -0.39 is 17.5 Å². The highest BCUT2D eigenvalue weighted by atomic mass is 19.4. The largest absolute Gasteiger partial charge is 0.507 e. The number of rotatable bonds is 3. The van der Waals surface area contributed by atoms with E-state index in [4.69, 9.17) is 4.74 Å². The Morgan fingerprint density at radius 1 is 1.11 bits per heavy atom. The summed E-state index contributed by atoms with van der Waals surface area (Å²) in [4.78, 5) is 27.8. The van der Waals surface area contributed by atoms with Crippen LogP contribution in [0.3, 0.4) is 0 Å². The number of hydrogen-bond donors (Lipinski definition) is 1. The van der Waals surface area contributed by atoms with E-state index in [0.29, 0.717) is 36.1 Å². The van der Waals surface area contributed by atoms with E-state index >= 15 is 0 Å². The molecule has 0 unspecified atom stereocenters. The number of aromatic hydroxyl groups is 1. The molecule has 11 heteroatoms. The van der Waals surface area contributed by atoms with Gasteiger partial charge >= 0.3 is 12.1 Å². The quantitative estimate of drug-likeness (QED) is 0.623. The maximum absolute atomic E-state index is 13.1. The molecule has 1 amide bonds. The van der Waals surface area contributed by atoms with Crippen molar-refractivity contribution in [3.8, 4) is 17.0 Å². The number of nitrogens with zero attached hydrogens (tertiary/aromatic N) is 4. The van der Waals surface area contributed by atoms with Gasteiger partial charge in [-0.1, -0.05) is 6.42 Å². The maximum atomic E-state index is 13.1. The van der Waals surface area contributed by atoms with Crippen LogP contribution in [-0.2, 0) is 27.0 Å². The average Bonchev–Trinajstić information content (AvgIpc) is 3.00. The molecule has 8 nitrogen and oxygen atoms in total. The van der Waals surface area contributed by atoms with Crippen LogP contribution >= 0.6 is 0 Å². The van der Waals surface area contributed by atoms with Crippen molar-refractivity contribution in [3.05, 3.63) is 34.9 Å². The van der Waals surface area contributed by atoms with Crippen molar-refractivity contribution in [2.45, 2.75) is 71.3 Å². The molecule has 1 fully saturated rings. The summed E-state index contributed by atoms with van der Waals surface area (Å²) in [6, 6.07) is 2.59. The number of phenols is 1. The van der Waals surface area contributed by atoms with E-state index in [9.17, 15) is 27.9 Å². The topological polar surface area (TPSA) is 95.9 Å². The highest BCUT2D eigenvalue weighted by Crippen LogP contribution is 2.40. The Morgan fingerprint density at radius 3 is 2.47 bits per heavy atom. The molecule has 0 bridgehead atoms. The SMILES string of the molecule is CC(=O)O[C@@H]1CCCC[C@H]1N1CCN(C(C)=O)Cc2c1nnc(-c1ccc(C(F)(F)F)cc1O)c2C. The Labute approximate surface area is 207 Å². The lowest BCUT2D eigenvalue weighted by Crippen LogP contribution is -2.49. The minimum Gasteiger partial charge on any atom is -0.507 e. The first-order valence-electron chi connectivity index (χ1n) is 11.9. The molecule has 4 rings (SSSR count). The van der Waals surface area contributed by atoms with Gasteiger partial charge in [0.2, 0.25) is 5.91 Å². The molecule has 2 aromatic rings. The number of alkyl halides is 3. The summed E-state index contributed by atoms with van der Waals surface area (Å²) in [6.45, 7) is 5.74. The fraction of sp³-hybridized carbons (Fsp3) is 0.520. The molecule has 1 saturated carbocycles. The number of phenolic OH excluding ortho intramolecular Hbond substituents is 1. The minimum absolute atomic E-state index is 0.122. The van der Waals surface area contributed by atoms with Crippen LogP contribution in [0.1, 0.15) is 56.2 Å². The summed E-state index contributed by atoms with van der Waals surface area (Å²) in [5.74, 6) is -0.491. The normalized spacial score (nSPS) is 20.5. The monoisotopic (exact) mass is 506 g/mol. The lowest BCUT2D eigenvalue weighted by molar-refractivity contribution is -0.148. The van der Waals surface area contributed by atoms with Crippen molar-refractivity contribution in [1.29, 1.82) is 0 Å². The standard InChI is InChI=1S/C25H29F3N4O4/c1-14-19-13-31(15(2)33)10-11-32(20-6-4-5-7-22(20)36-16(3)34)24(19)30-29-23(14)18-9-8-17(12-21(18)35)25(26,27)28/h8-9,12,20,22,35H,4-7,10-11,13H2,1-3H3/t20-,22-/m1/s1. The van der Waals surface area contributed by atoms with Crippen LogP contribution in [0.25, 0.3) is 11.3 Å². The predicted octanol–water partition coefficient (Wildman–Crippen LogP) is 4.22. The Morgan fingerprint density at radius 2 is 1.83 bits per heavy atom. The molecular formula is C25H29F3N4O4. The summed E-state index contributed by atoms with van der Waals surface area (Å²) in [7, 11) is 0. The second-order valence-electron chi connectivity index (χ2n) is 9.34. The Hall–Kier alpha value is -3.37. The van der Waals surface area contributed by atoms with Gasteiger partial charge in [0.25, 0.3) is 0 Å². The number of carbonyl (C=O) groups excluding carboxylic acids is 2. The number of halogens is 3. The average molecular weight is 507 g/mol. The van der Waals surface area contributed by atoms with Crippen molar-refractivity contribution in [2.75, 3.05) is 18.0 Å². The third-order valence-electron chi connectivity index (χ3n) is 6.97. The molecule has 36 heavy (non-hydrogen) atoms. The highest BCUT2D eigenvalue weighted by Gasteiger charge is 2.37. The number of benzene rings is 1. The summed E-state index contributed by atoms with van der Waals surface area (Å²) in [5, 5.41) is 19.2. The van der Waals surface area contributed by atoms with Crippen LogP contribution in [0.15, 0.2) is 18.2 Å². The molecule has 2 aliphatic rings. The van der Waals surface area contributed by atoms with Gasteiger partial charge in [0.05, 0.1) is 11.6 Å². The number of fused-ring (bicyclic) bond motifs is 1. The van der Waals surface area contributed by atoms with E-state index in [1.165, 1.54) is 19.9 Å². The van der Waals surface area contributed by atoms with E-state index in [1.54, 1.807) is 11.8 Å². The number of hydrogen-bond acceptors (Lipinski definition) is 7. The smallest absolute Gasteiger partial charge is 0.416 e. The molecule has 1 aromatic heterocycles. The lowest BCUT2D eigenvalue weighted by atomic mass is 9.90. The minimum atomic E-state index is -4.59. The first-order valence-corrected chi connectivity index (χ1v) is 11.9. The summed E-state index contributed by atoms with van der Waals surface area (Å²) < 4.78 is 44.9. The van der Waals surface area contributed by atoms with E-state index in [0.717, 1.165) is 31.7 Å². The third-order valence-corrected chi connectivity index (χ3v) is 6.97. The molecular weight excluding hydrogens is 477 g/mol. The third kappa shape index (κ3) is 5.10. The number of esters is 1. The number of carbonyl (C=O) groups is 2. The molecule has 1 aromatic carbocycles. The van der Waals surface area contributed by atoms with Gasteiger partial charge in [-0.25, -0.2) is 0 Å². The molecule has 0 spiro atoms. The molecule has 1 aliphatic carbocycles. The van der Waals surface area contributed by atoms with E-state index in [-0.39, 0.29) is 41.8 Å². The van der Waals surface area contributed by atoms with Crippen molar-refractivity contribution in [1.82, 2.24) is 15.1 Å². The zero-order chi connectivity index (χ0) is 26.2. The fourth-order valence-electron chi connectivity index (χ4n) is 5.11. The Kier molecular flexibility index (Phi) is 7.10. The lowest BCUT2D eigenvalue weighted by Gasteiger charge is -2.40. The zero-order valence-electron chi connectivity index (χ0n) is 20.4. The van der Waals surface area contributed by atoms with E-state index in [1.807, 2.05) is 4.90 Å². The van der Waals surface area contributed by atoms with Gasteiger partial charge in [-0.2, -0.15) is 13.2 Å². The summed E-state index contributed by atoms with van der Waals surface area (Å²) >= 11 is 0. The van der Waals surface area contributed by atoms with Crippen LogP contribution in [0.4, 0.5) is 19.0 Å². The maximum Gasteiger partial charge on any atom is 0.416 e. The van der Waals surface area contributed by atoms with Crippen LogP contribution in [0.5, 0.6) is 5.75 Å². The first kappa shape index (κ1) is 25.7. The molecule has 2 heterocycles. The second-order valence-corrected chi connectivity index (χ2v) is 9.34. The number of anilines is 1. The van der Waals surface area contributed by atoms with Crippen molar-refractivity contribution in [3.63, 3.8) is 0 Å². The Bertz CT molecular complexity index is 1170. The van der Waals surface area contributed by atoms with Crippen molar-refractivity contribution < 1.29 is 32.6 Å². The van der Waals surface area contributed by atoms with Crippen LogP contribution in [-0.4, -0.2) is 57.3 Å². The second kappa shape index (κ2) is 9.94. The van der Waals surface area contributed by atoms with Crippen molar-refractivity contribution in [2.24, 2.45) is 0 Å². The predicted molar refractivity (Wildman–Crippen MR) is 125 cm³/mol. The zero-order valence-corrected chi connectivity index (χ0v) is 20.4. The number of aromatic nitrogens is 2. The van der Waals surface area contributed by atoms with Gasteiger partial charge in [0.1, 0.15) is 17.5 Å². The Balaban J connectivity index is 1.80. The fourth-order valence-corrected chi connectivity index (χ4v) is 5.11. The van der Waals surface area contributed by atoms with Crippen LogP contribution in [0, 0.1) is 6.92 Å². The first-order chi connectivity index (χ1) is 17.0. The molecule has 1 N–H and O–H groups in total. The molecule has 0 radical (unpaired) electrons.